The monoisotopic (exact) mass is 589 g/mol. The minimum atomic E-state index is -0.0445. The van der Waals surface area contributed by atoms with Crippen LogP contribution in [0.1, 0.15) is 67.2 Å². The van der Waals surface area contributed by atoms with Gasteiger partial charge in [-0.15, -0.1) is 11.3 Å². The van der Waals surface area contributed by atoms with E-state index in [1.807, 2.05) is 114 Å². The van der Waals surface area contributed by atoms with E-state index in [9.17, 15) is 9.59 Å². The lowest BCUT2D eigenvalue weighted by Crippen LogP contribution is -2.18. The van der Waals surface area contributed by atoms with Gasteiger partial charge in [-0.3, -0.25) is 9.59 Å². The van der Waals surface area contributed by atoms with Crippen LogP contribution in [-0.2, 0) is 14.3 Å². The predicted molar refractivity (Wildman–Crippen MR) is 172 cm³/mol. The molecule has 8 heteroatoms. The lowest BCUT2D eigenvalue weighted by molar-refractivity contribution is -0.152. The van der Waals surface area contributed by atoms with E-state index in [1.54, 1.807) is 11.3 Å². The minimum Gasteiger partial charge on any atom is -0.473 e. The first-order chi connectivity index (χ1) is 20.1. The van der Waals surface area contributed by atoms with E-state index < -0.39 is 0 Å². The molecule has 2 heterocycles. The van der Waals surface area contributed by atoms with E-state index in [1.165, 1.54) is 12.8 Å². The van der Waals surface area contributed by atoms with E-state index in [4.69, 9.17) is 14.5 Å². The van der Waals surface area contributed by atoms with Crippen molar-refractivity contribution in [3.8, 4) is 16.5 Å². The number of aromatic nitrogens is 2. The molecule has 0 bridgehead atoms. The first-order valence-corrected chi connectivity index (χ1v) is 15.6. The summed E-state index contributed by atoms with van der Waals surface area (Å²) in [5.41, 5.74) is 3.43. The molecule has 0 atom stereocenters. The second-order valence-corrected chi connectivity index (χ2v) is 12.0. The van der Waals surface area contributed by atoms with Crippen molar-refractivity contribution < 1.29 is 19.1 Å². The van der Waals surface area contributed by atoms with Crippen LogP contribution in [0.15, 0.2) is 72.1 Å². The van der Waals surface area contributed by atoms with E-state index in [0.29, 0.717) is 5.88 Å². The molecule has 2 aromatic heterocycles. The van der Waals surface area contributed by atoms with Crippen LogP contribution in [0.3, 0.4) is 0 Å². The zero-order chi connectivity index (χ0) is 30.5. The number of ether oxygens (including phenoxy) is 2. The van der Waals surface area contributed by atoms with E-state index in [-0.39, 0.29) is 35.9 Å². The largest absolute Gasteiger partial charge is 0.473 e. The average Bonchev–Trinajstić information content (AvgIpc) is 3.69. The van der Waals surface area contributed by atoms with Crippen LogP contribution in [0, 0.1) is 11.8 Å². The Morgan fingerprint density at radius 2 is 1.43 bits per heavy atom. The second-order valence-electron chi connectivity index (χ2n) is 11.0. The fourth-order valence-electron chi connectivity index (χ4n) is 3.98. The summed E-state index contributed by atoms with van der Waals surface area (Å²) in [7, 11) is 0. The first-order valence-electron chi connectivity index (χ1n) is 14.7. The number of amides is 1. The zero-order valence-electron chi connectivity index (χ0n) is 25.5. The van der Waals surface area contributed by atoms with E-state index in [2.05, 4.69) is 10.3 Å². The molecule has 0 saturated heterocycles. The van der Waals surface area contributed by atoms with Gasteiger partial charge in [-0.25, -0.2) is 9.97 Å². The van der Waals surface area contributed by atoms with Crippen LogP contribution in [0.2, 0.25) is 0 Å². The molecule has 1 amide bonds. The summed E-state index contributed by atoms with van der Waals surface area (Å²) in [6.45, 7) is 11.5. The molecule has 224 valence electrons. The highest BCUT2D eigenvalue weighted by atomic mass is 32.1. The molecule has 1 saturated carbocycles. The van der Waals surface area contributed by atoms with Crippen molar-refractivity contribution in [1.82, 2.24) is 9.97 Å². The molecular formula is C34H43N3O4S. The Bertz CT molecular complexity index is 1380. The van der Waals surface area contributed by atoms with Gasteiger partial charge in [0.15, 0.2) is 0 Å². The zero-order valence-corrected chi connectivity index (χ0v) is 26.3. The molecule has 0 unspecified atom stereocenters. The molecule has 1 N–H and O–H groups in total. The maximum Gasteiger partial charge on any atom is 0.308 e. The van der Waals surface area contributed by atoms with Crippen molar-refractivity contribution in [3.63, 3.8) is 0 Å². The summed E-state index contributed by atoms with van der Waals surface area (Å²) in [6, 6.07) is 21.4. The molecular weight excluding hydrogens is 546 g/mol. The number of rotatable bonds is 7. The number of para-hydroxylation sites is 3. The summed E-state index contributed by atoms with van der Waals surface area (Å²) < 4.78 is 11.0. The van der Waals surface area contributed by atoms with Gasteiger partial charge in [-0.2, -0.15) is 0 Å². The van der Waals surface area contributed by atoms with Crippen LogP contribution >= 0.6 is 11.3 Å². The number of anilines is 1. The van der Waals surface area contributed by atoms with Crippen molar-refractivity contribution >= 4 is 39.9 Å². The van der Waals surface area contributed by atoms with Crippen LogP contribution in [0.25, 0.3) is 21.6 Å². The molecule has 0 spiro atoms. The summed E-state index contributed by atoms with van der Waals surface area (Å²) >= 11 is 1.64. The Kier molecular flexibility index (Phi) is 12.9. The topological polar surface area (TPSA) is 90.4 Å². The highest BCUT2D eigenvalue weighted by molar-refractivity contribution is 7.13. The van der Waals surface area contributed by atoms with Crippen molar-refractivity contribution in [2.45, 2.75) is 79.4 Å². The molecule has 0 aliphatic heterocycles. The van der Waals surface area contributed by atoms with Gasteiger partial charge in [-0.05, 0) is 75.2 Å². The van der Waals surface area contributed by atoms with Gasteiger partial charge >= 0.3 is 5.97 Å². The molecule has 0 radical (unpaired) electrons. The molecule has 1 aliphatic rings. The van der Waals surface area contributed by atoms with Crippen LogP contribution in [-0.4, -0.2) is 34.1 Å². The van der Waals surface area contributed by atoms with Crippen LogP contribution in [0.5, 0.6) is 5.88 Å². The number of nitrogens with zero attached hydrogens (tertiary/aromatic N) is 2. The normalized spacial score (nSPS) is 12.9. The summed E-state index contributed by atoms with van der Waals surface area (Å²) in [6.07, 6.45) is 4.88. The summed E-state index contributed by atoms with van der Waals surface area (Å²) in [4.78, 5) is 32.6. The standard InChI is InChI=1S/C15H14N2OS.C10H13NO.C9H16O2/c1-10(2)18-15-14(13-8-5-9-19-13)16-11-6-3-4-7-12(11)17-15;1-8(2)10(12)11-9-6-4-3-5-7-9;1-7(2)9(10)11-8-5-3-4-6-8/h3-10H,1-2H3;3-8H,1-2H3,(H,11,12);7-8H,3-6H2,1-2H3. The fourth-order valence-corrected chi connectivity index (χ4v) is 4.68. The number of hydrogen-bond donors (Lipinski definition) is 1. The number of carbonyl (C=O) groups is 2. The number of benzene rings is 2. The molecule has 5 rings (SSSR count). The number of thiophene rings is 1. The molecule has 42 heavy (non-hydrogen) atoms. The lowest BCUT2D eigenvalue weighted by atomic mass is 10.2. The van der Waals surface area contributed by atoms with Crippen LogP contribution < -0.4 is 10.1 Å². The van der Waals surface area contributed by atoms with Gasteiger partial charge in [0.05, 0.1) is 27.9 Å². The number of fused-ring (bicyclic) bond motifs is 1. The Balaban J connectivity index is 0.000000183. The molecule has 1 fully saturated rings. The molecule has 7 nitrogen and oxygen atoms in total. The average molecular weight is 590 g/mol. The quantitative estimate of drug-likeness (QED) is 0.217. The molecule has 1 aliphatic carbocycles. The van der Waals surface area contributed by atoms with Gasteiger partial charge in [0.25, 0.3) is 0 Å². The van der Waals surface area contributed by atoms with E-state index in [0.717, 1.165) is 40.1 Å². The fraction of sp³-hybridized carbons (Fsp3) is 0.412. The Morgan fingerprint density at radius 3 is 1.98 bits per heavy atom. The third kappa shape index (κ3) is 10.6. The molecule has 4 aromatic rings. The van der Waals surface area contributed by atoms with Crippen molar-refractivity contribution in [2.75, 3.05) is 5.32 Å². The molecule has 2 aromatic carbocycles. The summed E-state index contributed by atoms with van der Waals surface area (Å²) in [5.74, 6) is 0.676. The smallest absolute Gasteiger partial charge is 0.308 e. The van der Waals surface area contributed by atoms with Gasteiger partial charge in [0.1, 0.15) is 11.8 Å². The van der Waals surface area contributed by atoms with Crippen molar-refractivity contribution in [2.24, 2.45) is 11.8 Å². The highest BCUT2D eigenvalue weighted by Crippen LogP contribution is 2.32. The summed E-state index contributed by atoms with van der Waals surface area (Å²) in [5, 5.41) is 4.84. The number of esters is 1. The maximum atomic E-state index is 11.2. The van der Waals surface area contributed by atoms with Crippen molar-refractivity contribution in [3.05, 3.63) is 72.1 Å². The maximum absolute atomic E-state index is 11.2. The lowest BCUT2D eigenvalue weighted by Gasteiger charge is -2.12. The van der Waals surface area contributed by atoms with Gasteiger partial charge in [0.2, 0.25) is 11.8 Å². The van der Waals surface area contributed by atoms with E-state index >= 15 is 0 Å². The number of carbonyl (C=O) groups excluding carboxylic acids is 2. The number of nitrogens with one attached hydrogen (secondary N) is 1. The number of hydrogen-bond acceptors (Lipinski definition) is 7. The predicted octanol–water partition coefficient (Wildman–Crippen LogP) is 8.55. The van der Waals surface area contributed by atoms with Crippen molar-refractivity contribution in [1.29, 1.82) is 0 Å². The minimum absolute atomic E-state index is 0.0237. The Morgan fingerprint density at radius 1 is 0.810 bits per heavy atom. The van der Waals surface area contributed by atoms with Gasteiger partial charge in [-0.1, -0.05) is 64.1 Å². The Labute approximate surface area is 253 Å². The second kappa shape index (κ2) is 16.6. The Hall–Kier alpha value is -3.78. The third-order valence-corrected chi connectivity index (χ3v) is 7.14. The van der Waals surface area contributed by atoms with Gasteiger partial charge < -0.3 is 14.8 Å². The third-order valence-electron chi connectivity index (χ3n) is 6.26. The van der Waals surface area contributed by atoms with Crippen LogP contribution in [0.4, 0.5) is 5.69 Å². The first kappa shape index (κ1) is 32.7. The highest BCUT2D eigenvalue weighted by Gasteiger charge is 2.20. The van der Waals surface area contributed by atoms with Gasteiger partial charge in [0, 0.05) is 11.6 Å². The SMILES string of the molecule is CC(C)C(=O)Nc1ccccc1.CC(C)C(=O)OC1CCCC1.CC(C)Oc1nc2ccccc2nc1-c1cccs1.